The number of benzene rings is 1. The van der Waals surface area contributed by atoms with Crippen LogP contribution in [-0.2, 0) is 26.0 Å². The van der Waals surface area contributed by atoms with E-state index >= 15 is 0 Å². The molecule has 3 aliphatic rings. The van der Waals surface area contributed by atoms with Crippen molar-refractivity contribution in [2.45, 2.75) is 30.2 Å². The Morgan fingerprint density at radius 1 is 1.09 bits per heavy atom. The second kappa shape index (κ2) is 5.04. The van der Waals surface area contributed by atoms with Gasteiger partial charge in [0.15, 0.2) is 0 Å². The number of sulfonamides is 1. The first-order chi connectivity index (χ1) is 10.9. The Balaban J connectivity index is 1.60. The predicted molar refractivity (Wildman–Crippen MR) is 82.2 cm³/mol. The van der Waals surface area contributed by atoms with Crippen molar-refractivity contribution in [1.29, 1.82) is 0 Å². The minimum Gasteiger partial charge on any atom is -0.352 e. The van der Waals surface area contributed by atoms with Crippen molar-refractivity contribution in [2.75, 3.05) is 18.4 Å². The maximum absolute atomic E-state index is 12.8. The van der Waals surface area contributed by atoms with Gasteiger partial charge in [-0.1, -0.05) is 0 Å². The van der Waals surface area contributed by atoms with Gasteiger partial charge in [0, 0.05) is 43.6 Å². The molecule has 0 aliphatic carbocycles. The third-order valence-electron chi connectivity index (χ3n) is 4.81. The monoisotopic (exact) mass is 335 g/mol. The lowest BCUT2D eigenvalue weighted by Gasteiger charge is -2.20. The molecule has 7 nitrogen and oxygen atoms in total. The van der Waals surface area contributed by atoms with Crippen molar-refractivity contribution in [3.63, 3.8) is 0 Å². The Labute approximate surface area is 134 Å². The van der Waals surface area contributed by atoms with Crippen molar-refractivity contribution in [3.8, 4) is 0 Å². The molecule has 122 valence electrons. The number of hydrogen-bond donors (Lipinski definition) is 2. The molecule has 1 aromatic carbocycles. The molecule has 0 unspecified atom stereocenters. The number of fused-ring (bicyclic) bond motifs is 2. The zero-order valence-electron chi connectivity index (χ0n) is 12.4. The van der Waals surface area contributed by atoms with Crippen LogP contribution in [0.1, 0.15) is 18.4 Å². The van der Waals surface area contributed by atoms with E-state index in [1.54, 1.807) is 12.1 Å². The SMILES string of the molecule is O=C1CCc2cc(S(=O)(=O)N3C[C@@H]4CC(=O)N[C@@H]4C3)ccc2N1. The highest BCUT2D eigenvalue weighted by Crippen LogP contribution is 2.32. The van der Waals surface area contributed by atoms with E-state index in [0.717, 1.165) is 5.56 Å². The Bertz CT molecular complexity index is 789. The first kappa shape index (κ1) is 14.6. The summed E-state index contributed by atoms with van der Waals surface area (Å²) in [5.41, 5.74) is 1.53. The van der Waals surface area contributed by atoms with Gasteiger partial charge in [-0.3, -0.25) is 9.59 Å². The number of nitrogens with one attached hydrogen (secondary N) is 2. The molecule has 2 amide bonds. The summed E-state index contributed by atoms with van der Waals surface area (Å²) in [6.45, 7) is 0.701. The number of rotatable bonds is 2. The standard InChI is InChI=1S/C15H17N3O4S/c19-14-4-1-9-5-11(2-3-12(9)16-14)23(21,22)18-7-10-6-15(20)17-13(10)8-18/h2-3,5,10,13H,1,4,6-8H2,(H,16,19)(H,17,20)/t10-,13+/m0/s1. The van der Waals surface area contributed by atoms with Crippen LogP contribution in [0.2, 0.25) is 0 Å². The van der Waals surface area contributed by atoms with Gasteiger partial charge in [-0.05, 0) is 30.2 Å². The summed E-state index contributed by atoms with van der Waals surface area (Å²) in [4.78, 5) is 23.0. The Kier molecular flexibility index (Phi) is 3.21. The van der Waals surface area contributed by atoms with Crippen molar-refractivity contribution in [2.24, 2.45) is 5.92 Å². The highest BCUT2D eigenvalue weighted by Gasteiger charge is 2.44. The zero-order chi connectivity index (χ0) is 16.2. The third kappa shape index (κ3) is 2.42. The molecule has 8 heteroatoms. The lowest BCUT2D eigenvalue weighted by Crippen LogP contribution is -2.35. The Morgan fingerprint density at radius 3 is 2.70 bits per heavy atom. The van der Waals surface area contributed by atoms with E-state index in [2.05, 4.69) is 10.6 Å². The van der Waals surface area contributed by atoms with Crippen molar-refractivity contribution in [1.82, 2.24) is 9.62 Å². The summed E-state index contributed by atoms with van der Waals surface area (Å²) in [7, 11) is -3.58. The zero-order valence-corrected chi connectivity index (χ0v) is 13.2. The normalized spacial score (nSPS) is 27.3. The fourth-order valence-corrected chi connectivity index (χ4v) is 5.15. The molecule has 4 rings (SSSR count). The molecule has 0 spiro atoms. The van der Waals surface area contributed by atoms with E-state index in [0.29, 0.717) is 38.0 Å². The molecule has 2 atom stereocenters. The van der Waals surface area contributed by atoms with Gasteiger partial charge in [0.25, 0.3) is 0 Å². The molecule has 23 heavy (non-hydrogen) atoms. The predicted octanol–water partition coefficient (Wildman–Crippen LogP) is 0.0803. The first-order valence-corrected chi connectivity index (χ1v) is 9.10. The van der Waals surface area contributed by atoms with E-state index in [-0.39, 0.29) is 28.7 Å². The van der Waals surface area contributed by atoms with Gasteiger partial charge in [0.2, 0.25) is 21.8 Å². The molecule has 0 bridgehead atoms. The second-order valence-electron chi connectivity index (χ2n) is 6.33. The number of amides is 2. The largest absolute Gasteiger partial charge is 0.352 e. The molecule has 1 aromatic rings. The van der Waals surface area contributed by atoms with E-state index in [9.17, 15) is 18.0 Å². The van der Waals surface area contributed by atoms with E-state index in [1.807, 2.05) is 0 Å². The molecular weight excluding hydrogens is 318 g/mol. The smallest absolute Gasteiger partial charge is 0.243 e. The van der Waals surface area contributed by atoms with Crippen LogP contribution < -0.4 is 10.6 Å². The lowest BCUT2D eigenvalue weighted by atomic mass is 10.0. The van der Waals surface area contributed by atoms with Crippen LogP contribution in [0.15, 0.2) is 23.1 Å². The second-order valence-corrected chi connectivity index (χ2v) is 8.27. The number of anilines is 1. The van der Waals surface area contributed by atoms with E-state index < -0.39 is 10.0 Å². The molecule has 0 aromatic heterocycles. The highest BCUT2D eigenvalue weighted by atomic mass is 32.2. The lowest BCUT2D eigenvalue weighted by molar-refractivity contribution is -0.119. The van der Waals surface area contributed by atoms with Gasteiger partial charge in [-0.25, -0.2) is 8.42 Å². The number of aryl methyl sites for hydroxylation is 1. The van der Waals surface area contributed by atoms with Crippen LogP contribution in [0, 0.1) is 5.92 Å². The van der Waals surface area contributed by atoms with Crippen molar-refractivity contribution < 1.29 is 18.0 Å². The van der Waals surface area contributed by atoms with Gasteiger partial charge in [0.1, 0.15) is 0 Å². The number of carbonyl (C=O) groups excluding carboxylic acids is 2. The first-order valence-electron chi connectivity index (χ1n) is 7.66. The van der Waals surface area contributed by atoms with Crippen LogP contribution in [0.3, 0.4) is 0 Å². The molecule has 0 radical (unpaired) electrons. The molecule has 3 heterocycles. The third-order valence-corrected chi connectivity index (χ3v) is 6.64. The van der Waals surface area contributed by atoms with Crippen LogP contribution in [0.4, 0.5) is 5.69 Å². The molecule has 2 fully saturated rings. The topological polar surface area (TPSA) is 95.6 Å². The average molecular weight is 335 g/mol. The number of hydrogen-bond acceptors (Lipinski definition) is 4. The van der Waals surface area contributed by atoms with E-state index in [4.69, 9.17) is 0 Å². The summed E-state index contributed by atoms with van der Waals surface area (Å²) in [6, 6.07) is 4.76. The summed E-state index contributed by atoms with van der Waals surface area (Å²) in [5.74, 6) is 0.0203. The summed E-state index contributed by atoms with van der Waals surface area (Å²) in [5, 5.41) is 5.58. The maximum atomic E-state index is 12.8. The van der Waals surface area contributed by atoms with Crippen LogP contribution in [-0.4, -0.2) is 43.7 Å². The fourth-order valence-electron chi connectivity index (χ4n) is 3.57. The quantitative estimate of drug-likeness (QED) is 0.800. The Hall–Kier alpha value is -1.93. The van der Waals surface area contributed by atoms with Crippen molar-refractivity contribution in [3.05, 3.63) is 23.8 Å². The van der Waals surface area contributed by atoms with Gasteiger partial charge in [-0.2, -0.15) is 4.31 Å². The summed E-state index contributed by atoms with van der Waals surface area (Å²) < 4.78 is 27.1. The highest BCUT2D eigenvalue weighted by molar-refractivity contribution is 7.89. The Morgan fingerprint density at radius 2 is 1.91 bits per heavy atom. The number of nitrogens with zero attached hydrogens (tertiary/aromatic N) is 1. The molecule has 2 N–H and O–H groups in total. The molecule has 2 saturated heterocycles. The van der Waals surface area contributed by atoms with Gasteiger partial charge in [0.05, 0.1) is 4.90 Å². The van der Waals surface area contributed by atoms with Crippen molar-refractivity contribution >= 4 is 27.5 Å². The van der Waals surface area contributed by atoms with Crippen LogP contribution >= 0.6 is 0 Å². The summed E-state index contributed by atoms with van der Waals surface area (Å²) in [6.07, 6.45) is 1.31. The summed E-state index contributed by atoms with van der Waals surface area (Å²) >= 11 is 0. The minimum atomic E-state index is -3.58. The average Bonchev–Trinajstić information content (AvgIpc) is 3.04. The van der Waals surface area contributed by atoms with Crippen LogP contribution in [0.5, 0.6) is 0 Å². The van der Waals surface area contributed by atoms with Gasteiger partial charge >= 0.3 is 0 Å². The molecule has 0 saturated carbocycles. The van der Waals surface area contributed by atoms with Gasteiger partial charge in [-0.15, -0.1) is 0 Å². The minimum absolute atomic E-state index is 0.00145. The molecular formula is C15H17N3O4S. The van der Waals surface area contributed by atoms with E-state index in [1.165, 1.54) is 10.4 Å². The number of carbonyl (C=O) groups is 2. The fraction of sp³-hybridized carbons (Fsp3) is 0.467. The molecule has 3 aliphatic heterocycles. The van der Waals surface area contributed by atoms with Gasteiger partial charge < -0.3 is 10.6 Å². The van der Waals surface area contributed by atoms with Crippen LogP contribution in [0.25, 0.3) is 0 Å². The maximum Gasteiger partial charge on any atom is 0.243 e.